The molecule has 3 N–H and O–H groups in total. The molecule has 0 spiro atoms. The van der Waals surface area contributed by atoms with Gasteiger partial charge in [-0.25, -0.2) is 4.98 Å². The van der Waals surface area contributed by atoms with E-state index >= 15 is 0 Å². The molecule has 2 unspecified atom stereocenters. The highest BCUT2D eigenvalue weighted by molar-refractivity contribution is 5.92. The fourth-order valence-electron chi connectivity index (χ4n) is 3.76. The molecular weight excluding hydrogens is 313 g/mol. The van der Waals surface area contributed by atoms with E-state index in [1.165, 1.54) is 25.7 Å². The molecule has 3 rings (SSSR count). The van der Waals surface area contributed by atoms with Crippen molar-refractivity contribution in [2.75, 3.05) is 0 Å². The van der Waals surface area contributed by atoms with Crippen molar-refractivity contribution in [2.45, 2.75) is 51.1 Å². The van der Waals surface area contributed by atoms with Crippen LogP contribution in [0, 0.1) is 18.8 Å². The number of nitrogens with zero attached hydrogens (tertiary/aromatic N) is 1. The third-order valence-corrected chi connectivity index (χ3v) is 4.63. The molecule has 2 fully saturated rings. The maximum absolute atomic E-state index is 12.2. The largest absolute Gasteiger partial charge is 0.438 e. The minimum Gasteiger partial charge on any atom is -0.438 e. The van der Waals surface area contributed by atoms with Crippen LogP contribution in [0.15, 0.2) is 10.8 Å². The van der Waals surface area contributed by atoms with Gasteiger partial charge in [-0.2, -0.15) is 0 Å². The number of carbonyl (C=O) groups excluding carboxylic acids is 1. The van der Waals surface area contributed by atoms with Crippen molar-refractivity contribution in [1.82, 2.24) is 10.3 Å². The molecule has 2 bridgehead atoms. The molecule has 1 heterocycles. The fraction of sp³-hybridized carbons (Fsp3) is 0.714. The Morgan fingerprint density at radius 1 is 1.33 bits per heavy atom. The number of aryl methyl sites for hydroxylation is 1. The minimum atomic E-state index is -0.132. The second-order valence-corrected chi connectivity index (χ2v) is 5.95. The molecule has 21 heavy (non-hydrogen) atoms. The Morgan fingerprint density at radius 2 is 1.95 bits per heavy atom. The first-order valence-electron chi connectivity index (χ1n) is 7.11. The number of hydrogen-bond donors (Lipinski definition) is 2. The van der Waals surface area contributed by atoms with E-state index in [9.17, 15) is 4.79 Å². The van der Waals surface area contributed by atoms with Crippen molar-refractivity contribution < 1.29 is 9.21 Å². The Labute approximate surface area is 137 Å². The topological polar surface area (TPSA) is 81.2 Å². The summed E-state index contributed by atoms with van der Waals surface area (Å²) >= 11 is 0. The predicted molar refractivity (Wildman–Crippen MR) is 85.0 cm³/mol. The van der Waals surface area contributed by atoms with E-state index in [2.05, 4.69) is 10.3 Å². The Kier molecular flexibility index (Phi) is 6.50. The van der Waals surface area contributed by atoms with Gasteiger partial charge in [-0.15, -0.1) is 24.8 Å². The van der Waals surface area contributed by atoms with Crippen LogP contribution in [-0.2, 0) is 0 Å². The van der Waals surface area contributed by atoms with E-state index in [1.54, 1.807) is 6.92 Å². The zero-order valence-corrected chi connectivity index (χ0v) is 13.7. The quantitative estimate of drug-likeness (QED) is 0.869. The van der Waals surface area contributed by atoms with Gasteiger partial charge >= 0.3 is 0 Å². The normalized spacial score (nSPS) is 30.8. The highest BCUT2D eigenvalue weighted by Gasteiger charge is 2.40. The first kappa shape index (κ1) is 18.3. The van der Waals surface area contributed by atoms with E-state index in [0.29, 0.717) is 29.3 Å². The van der Waals surface area contributed by atoms with Crippen LogP contribution in [0.3, 0.4) is 0 Å². The summed E-state index contributed by atoms with van der Waals surface area (Å²) < 4.78 is 5.16. The smallest absolute Gasteiger partial charge is 0.289 e. The summed E-state index contributed by atoms with van der Waals surface area (Å²) in [5, 5.41) is 3.16. The predicted octanol–water partition coefficient (Wildman–Crippen LogP) is 2.46. The third kappa shape index (κ3) is 3.71. The second-order valence-electron chi connectivity index (χ2n) is 5.95. The van der Waals surface area contributed by atoms with Crippen LogP contribution < -0.4 is 11.1 Å². The lowest BCUT2D eigenvalue weighted by Gasteiger charge is -2.45. The van der Waals surface area contributed by atoms with Crippen molar-refractivity contribution >= 4 is 30.7 Å². The zero-order chi connectivity index (χ0) is 13.4. The lowest BCUT2D eigenvalue weighted by molar-refractivity contribution is 0.0731. The monoisotopic (exact) mass is 335 g/mol. The maximum Gasteiger partial charge on any atom is 0.289 e. The number of amides is 1. The highest BCUT2D eigenvalue weighted by Crippen LogP contribution is 2.39. The van der Waals surface area contributed by atoms with E-state index in [0.717, 1.165) is 12.8 Å². The molecule has 7 heteroatoms. The Morgan fingerprint density at radius 3 is 2.48 bits per heavy atom. The zero-order valence-electron chi connectivity index (χ0n) is 12.1. The standard InChI is InChI=1S/C14H21N3O2.2ClH/c1-8-13(19-7-16-8)14(18)17-12-9-3-2-4-10(12)6-11(15)5-9;;/h7,9-12H,2-6,15H2,1H3,(H,17,18);2*1H. The Bertz CT molecular complexity index is 467. The third-order valence-electron chi connectivity index (χ3n) is 4.63. The number of nitrogens with two attached hydrogens (primary N) is 1. The van der Waals surface area contributed by atoms with Gasteiger partial charge in [0.2, 0.25) is 5.76 Å². The van der Waals surface area contributed by atoms with Crippen LogP contribution in [0.5, 0.6) is 0 Å². The molecule has 0 saturated heterocycles. The van der Waals surface area contributed by atoms with Gasteiger partial charge in [-0.1, -0.05) is 6.42 Å². The molecule has 0 aliphatic heterocycles. The van der Waals surface area contributed by atoms with Crippen molar-refractivity contribution in [2.24, 2.45) is 17.6 Å². The Hall–Kier alpha value is -0.780. The number of carbonyl (C=O) groups is 1. The molecule has 1 aromatic heterocycles. The van der Waals surface area contributed by atoms with Crippen LogP contribution in [0.25, 0.3) is 0 Å². The summed E-state index contributed by atoms with van der Waals surface area (Å²) in [5.41, 5.74) is 6.74. The second kappa shape index (κ2) is 7.47. The number of fused-ring (bicyclic) bond motifs is 2. The number of oxazole rings is 1. The molecule has 0 radical (unpaired) electrons. The van der Waals surface area contributed by atoms with Crippen molar-refractivity contribution in [3.05, 3.63) is 17.8 Å². The van der Waals surface area contributed by atoms with Gasteiger partial charge in [0, 0.05) is 12.1 Å². The van der Waals surface area contributed by atoms with Gasteiger partial charge in [-0.3, -0.25) is 4.79 Å². The summed E-state index contributed by atoms with van der Waals surface area (Å²) in [6.45, 7) is 1.79. The number of aromatic nitrogens is 1. The van der Waals surface area contributed by atoms with Gasteiger partial charge in [0.1, 0.15) is 0 Å². The number of halogens is 2. The lowest BCUT2D eigenvalue weighted by Crippen LogP contribution is -2.53. The molecule has 0 aromatic carbocycles. The van der Waals surface area contributed by atoms with Gasteiger partial charge in [-0.05, 0) is 44.4 Å². The number of rotatable bonds is 2. The van der Waals surface area contributed by atoms with E-state index in [1.807, 2.05) is 0 Å². The number of hydrogen-bond acceptors (Lipinski definition) is 4. The molecule has 2 atom stereocenters. The van der Waals surface area contributed by atoms with Crippen LogP contribution in [-0.4, -0.2) is 23.0 Å². The molecule has 5 nitrogen and oxygen atoms in total. The molecule has 1 aromatic rings. The summed E-state index contributed by atoms with van der Waals surface area (Å²) in [7, 11) is 0. The maximum atomic E-state index is 12.2. The van der Waals surface area contributed by atoms with Crippen LogP contribution >= 0.6 is 24.8 Å². The Balaban J connectivity index is 0.00000110. The van der Waals surface area contributed by atoms with Gasteiger partial charge in [0.15, 0.2) is 6.39 Å². The van der Waals surface area contributed by atoms with Gasteiger partial charge in [0.05, 0.1) is 5.69 Å². The summed E-state index contributed by atoms with van der Waals surface area (Å²) in [6.07, 6.45) is 6.97. The molecular formula is C14H23Cl2N3O2. The van der Waals surface area contributed by atoms with Crippen LogP contribution in [0.4, 0.5) is 0 Å². The average Bonchev–Trinajstić information content (AvgIpc) is 2.76. The molecule has 120 valence electrons. The first-order valence-corrected chi connectivity index (χ1v) is 7.11. The number of nitrogens with one attached hydrogen (secondary N) is 1. The summed E-state index contributed by atoms with van der Waals surface area (Å²) in [5.74, 6) is 1.25. The van der Waals surface area contributed by atoms with Crippen molar-refractivity contribution in [3.63, 3.8) is 0 Å². The highest BCUT2D eigenvalue weighted by atomic mass is 35.5. The van der Waals surface area contributed by atoms with Crippen LogP contribution in [0.1, 0.15) is 48.4 Å². The fourth-order valence-corrected chi connectivity index (χ4v) is 3.76. The van der Waals surface area contributed by atoms with Crippen molar-refractivity contribution in [1.29, 1.82) is 0 Å². The first-order chi connectivity index (χ1) is 9.15. The molecule has 1 amide bonds. The van der Waals surface area contributed by atoms with E-state index < -0.39 is 0 Å². The summed E-state index contributed by atoms with van der Waals surface area (Å²) in [6, 6.07) is 0.556. The molecule has 2 aliphatic carbocycles. The lowest BCUT2D eigenvalue weighted by atomic mass is 9.67. The minimum absolute atomic E-state index is 0. The SMILES string of the molecule is Cc1ncoc1C(=O)NC1C2CCCC1CC(N)C2.Cl.Cl. The van der Waals surface area contributed by atoms with Gasteiger partial charge < -0.3 is 15.5 Å². The molecule has 2 aliphatic rings. The van der Waals surface area contributed by atoms with E-state index in [4.69, 9.17) is 10.2 Å². The van der Waals surface area contributed by atoms with Crippen molar-refractivity contribution in [3.8, 4) is 0 Å². The van der Waals surface area contributed by atoms with Crippen LogP contribution in [0.2, 0.25) is 0 Å². The molecule has 2 saturated carbocycles. The average molecular weight is 336 g/mol. The van der Waals surface area contributed by atoms with E-state index in [-0.39, 0.29) is 36.8 Å². The van der Waals surface area contributed by atoms with Gasteiger partial charge in [0.25, 0.3) is 5.91 Å². The summed E-state index contributed by atoms with van der Waals surface area (Å²) in [4.78, 5) is 16.2.